The normalized spacial score (nSPS) is 21.2. The van der Waals surface area contributed by atoms with Gasteiger partial charge >= 0.3 is 85.3 Å². The van der Waals surface area contributed by atoms with Gasteiger partial charge in [-0.25, -0.2) is 0 Å². The van der Waals surface area contributed by atoms with Crippen LogP contribution in [0.2, 0.25) is 0 Å². The van der Waals surface area contributed by atoms with Crippen LogP contribution in [0.4, 0.5) is 14.4 Å². The van der Waals surface area contributed by atoms with Gasteiger partial charge in [0.15, 0.2) is 6.29 Å². The number of rotatable bonds is 20. The van der Waals surface area contributed by atoms with Gasteiger partial charge in [0.2, 0.25) is 5.79 Å². The Balaban J connectivity index is -0.0000000944. The molecule has 0 aromatic heterocycles. The first kappa shape index (κ1) is 96.3. The Morgan fingerprint density at radius 2 is 0.620 bits per heavy atom. The summed E-state index contributed by atoms with van der Waals surface area (Å²) in [5.41, 5.74) is -8.92. The van der Waals surface area contributed by atoms with Crippen molar-refractivity contribution in [1.82, 2.24) is 0 Å². The van der Waals surface area contributed by atoms with E-state index in [-0.39, 0.29) is 85.3 Å². The minimum atomic E-state index is -2.97. The molecule has 41 nitrogen and oxygen atoms in total. The molecule has 0 aromatic carbocycles. The molecule has 2 aliphatic rings. The number of aliphatic hydroxyl groups is 11. The molecule has 0 amide bonds. The maximum atomic E-state index is 10.1. The number of carbonyl (C=O) groups is 12. The molecule has 46 heteroatoms. The Morgan fingerprint density at radius 1 is 0.392 bits per heavy atom. The fourth-order valence-electron chi connectivity index (χ4n) is 4.68. The first-order valence-electron chi connectivity index (χ1n) is 18.2. The van der Waals surface area contributed by atoms with Gasteiger partial charge in [-0.05, 0) is 18.5 Å². The number of carboxylic acid groups (broad SMARTS) is 15. The van der Waals surface area contributed by atoms with Gasteiger partial charge in [-0.3, -0.25) is 0 Å². The molecule has 455 valence electrons. The van der Waals surface area contributed by atoms with E-state index in [1.54, 1.807) is 0 Å². The fourth-order valence-corrected chi connectivity index (χ4v) is 4.68. The third-order valence-corrected chi connectivity index (χ3v) is 7.83. The van der Waals surface area contributed by atoms with Gasteiger partial charge < -0.3 is 205 Å². The molecule has 2 heterocycles. The number of ether oxygens (including phenoxy) is 3. The third-order valence-electron chi connectivity index (χ3n) is 7.83. The first-order valence-corrected chi connectivity index (χ1v) is 18.2. The Labute approximate surface area is 489 Å². The van der Waals surface area contributed by atoms with E-state index in [1.807, 2.05) is 0 Å². The average molecular weight is 1370 g/mol. The quantitative estimate of drug-likeness (QED) is 0.0504. The van der Waals surface area contributed by atoms with Crippen LogP contribution in [-0.2, 0) is 143 Å². The summed E-state index contributed by atoms with van der Waals surface area (Å²) in [5, 5.41) is 243. The number of hydrogen-bond donors (Lipinski definition) is 11. The van der Waals surface area contributed by atoms with Crippen molar-refractivity contribution >= 4 is 72.2 Å². The second kappa shape index (κ2) is 45.8. The van der Waals surface area contributed by atoms with Crippen molar-refractivity contribution in [2.45, 2.75) is 110 Å². The summed E-state index contributed by atoms with van der Waals surface area (Å²) >= 11 is 0. The van der Waals surface area contributed by atoms with E-state index < -0.39 is 202 Å². The molecule has 5 radical (unpaired) electrons. The van der Waals surface area contributed by atoms with E-state index >= 15 is 0 Å². The van der Waals surface area contributed by atoms with E-state index in [1.165, 1.54) is 0 Å². The van der Waals surface area contributed by atoms with Gasteiger partial charge in [-0.1, -0.05) is 0 Å². The number of carbonyl (C=O) groups excluding carboxylic acids is 12. The first-order chi connectivity index (χ1) is 33.3. The van der Waals surface area contributed by atoms with Crippen LogP contribution >= 0.6 is 0 Å². The van der Waals surface area contributed by atoms with E-state index in [2.05, 4.69) is 0 Å². The van der Waals surface area contributed by atoms with Crippen LogP contribution in [0.1, 0.15) is 38.5 Å². The summed E-state index contributed by atoms with van der Waals surface area (Å²) in [7, 11) is 0. The minimum absolute atomic E-state index is 0. The van der Waals surface area contributed by atoms with E-state index in [4.69, 9.17) is 84.8 Å². The topological polar surface area (TPSA) is 801 Å². The fraction of sp³-hybridized carbons (Fsp3) is 0.636. The summed E-state index contributed by atoms with van der Waals surface area (Å²) in [6, 6.07) is 0. The molecule has 2 fully saturated rings. The number of aliphatic hydroxyl groups excluding tert-OH is 8. The van der Waals surface area contributed by atoms with Gasteiger partial charge in [-0.2, -0.15) is 0 Å². The van der Waals surface area contributed by atoms with Gasteiger partial charge in [-0.15, -0.1) is 0 Å². The van der Waals surface area contributed by atoms with Crippen LogP contribution in [-0.4, -0.2) is 220 Å². The summed E-state index contributed by atoms with van der Waals surface area (Å²) in [6.45, 7) is -2.32. The van der Waals surface area contributed by atoms with Crippen LogP contribution < -0.4 is 76.6 Å². The summed E-state index contributed by atoms with van der Waals surface area (Å²) in [5.74, 6) is -20.2. The monoisotopic (exact) mass is 1370 g/mol. The van der Waals surface area contributed by atoms with Crippen molar-refractivity contribution < 1.29 is 290 Å². The van der Waals surface area contributed by atoms with Crippen LogP contribution in [0, 0.1) is 0 Å². The summed E-state index contributed by atoms with van der Waals surface area (Å²) in [4.78, 5) is 115. The standard InChI is InChI=1S/C12H22O11.3C6H8O7.3CH2O3.5Fe/c13-1-4-6(16)8(18)9(19)11(21-4)23-12(3-15)10(20)7(17)5(2-14)22-12;3*7-3(8)1-6(13,5(11)12)2-4(9)10;3*2-1(3)4;;;;;/h4-11,13-20H,1-3H2;3*13H,1-2H2,(H,7,8)(H,9,10)(H,11,12);3*(H2,2,3,4);;;;;/q;;;;;;;5*+3/p-15/t4-,5-,6-,7-,8+,9-,10+,11-,12+;;;;;;;;;;;/m1.........../s1. The van der Waals surface area contributed by atoms with Crippen LogP contribution in [0.15, 0.2) is 0 Å². The van der Waals surface area contributed by atoms with Crippen LogP contribution in [0.3, 0.4) is 0 Å². The maximum absolute atomic E-state index is 10.1. The van der Waals surface area contributed by atoms with Gasteiger partial charge in [0.05, 0.1) is 31.1 Å². The van der Waals surface area contributed by atoms with Crippen molar-refractivity contribution in [1.29, 1.82) is 0 Å². The molecule has 0 bridgehead atoms. The van der Waals surface area contributed by atoms with E-state index in [0.717, 1.165) is 0 Å². The van der Waals surface area contributed by atoms with Crippen LogP contribution in [0.25, 0.3) is 0 Å². The maximum Gasteiger partial charge on any atom is 3.00 e. The van der Waals surface area contributed by atoms with Crippen molar-refractivity contribution in [2.75, 3.05) is 19.8 Å². The van der Waals surface area contributed by atoms with Crippen molar-refractivity contribution in [3.8, 4) is 0 Å². The Hall–Kier alpha value is -4.92. The predicted octanol–water partition coefficient (Wildman–Crippen LogP) is -28.5. The molecule has 2 saturated heterocycles. The molecule has 0 unspecified atom stereocenters. The molecular formula is C33H37Fe5O41. The molecule has 2 aliphatic heterocycles. The Bertz CT molecular complexity index is 1690. The third kappa shape index (κ3) is 41.7. The molecule has 79 heavy (non-hydrogen) atoms. The van der Waals surface area contributed by atoms with E-state index in [9.17, 15) is 120 Å². The molecule has 0 spiro atoms. The molecule has 11 N–H and O–H groups in total. The second-order valence-electron chi connectivity index (χ2n) is 13.6. The summed E-state index contributed by atoms with van der Waals surface area (Å²) in [6.07, 6.45) is -27.8. The SMILES string of the molecule is O=C([O-])CC(O)(CC(=O)[O-])C(=O)[O-].O=C([O-])CC(O)(CC(=O)[O-])C(=O)[O-].O=C([O-])CC(O)(CC(=O)[O-])C(=O)[O-].O=C([O-])[O-].O=C([O-])[O-].O=C([O-])[O-].OC[C@H]1O[C@@](CO)(O[C@H]2O[C@H](CO)[C@@H](O)[C@H](O)[C@H]2O)[C@@H](O)[C@@H]1O.[Fe+3].[Fe+3].[Fe+3].[Fe+3].[Fe+3]. The smallest absolute Gasteiger partial charge is 0.652 e. The zero-order chi connectivity index (χ0) is 60.0. The largest absolute Gasteiger partial charge is 3.00 e. The average Bonchev–Trinajstić information content (AvgIpc) is 3.44. The minimum Gasteiger partial charge on any atom is -0.652 e. The van der Waals surface area contributed by atoms with Gasteiger partial charge in [0.25, 0.3) is 0 Å². The van der Waals surface area contributed by atoms with Crippen LogP contribution in [0.5, 0.6) is 0 Å². The number of hydrogen-bond acceptors (Lipinski definition) is 41. The van der Waals surface area contributed by atoms with Crippen molar-refractivity contribution in [3.63, 3.8) is 0 Å². The second-order valence-corrected chi connectivity index (χ2v) is 13.6. The molecule has 0 saturated carbocycles. The Morgan fingerprint density at radius 3 is 0.785 bits per heavy atom. The molecular weight excluding hydrogens is 1330 g/mol. The van der Waals surface area contributed by atoms with E-state index in [0.29, 0.717) is 0 Å². The zero-order valence-corrected chi connectivity index (χ0v) is 43.4. The predicted molar refractivity (Wildman–Crippen MR) is 172 cm³/mol. The zero-order valence-electron chi connectivity index (χ0n) is 37.9. The van der Waals surface area contributed by atoms with Gasteiger partial charge in [0.1, 0.15) is 66.1 Å². The van der Waals surface area contributed by atoms with Crippen molar-refractivity contribution in [3.05, 3.63) is 0 Å². The summed E-state index contributed by atoms with van der Waals surface area (Å²) < 4.78 is 15.4. The molecule has 0 aromatic rings. The Kier molecular flexibility index (Phi) is 55.8. The van der Waals surface area contributed by atoms with Crippen molar-refractivity contribution in [2.24, 2.45) is 0 Å². The molecule has 9 atom stereocenters. The molecule has 0 aliphatic carbocycles. The number of carboxylic acids is 9. The molecule has 2 rings (SSSR count). The number of aliphatic carboxylic acids is 9. The van der Waals surface area contributed by atoms with Gasteiger partial charge in [0, 0.05) is 74.3 Å².